The van der Waals surface area contributed by atoms with Crippen LogP contribution in [-0.4, -0.2) is 18.7 Å². The average molecular weight is 197 g/mol. The molecule has 2 nitrogen and oxygen atoms in total. The lowest BCUT2D eigenvalue weighted by Crippen LogP contribution is -2.51. The Balaban J connectivity index is 2.21. The Kier molecular flexibility index (Phi) is 2.41. The highest BCUT2D eigenvalue weighted by Crippen LogP contribution is 2.33. The van der Waals surface area contributed by atoms with Gasteiger partial charge in [0.25, 0.3) is 0 Å². The molecule has 1 aliphatic rings. The minimum Gasteiger partial charge on any atom is -0.369 e. The van der Waals surface area contributed by atoms with E-state index in [0.717, 1.165) is 13.2 Å². The maximum atomic E-state index is 5.79. The fourth-order valence-corrected chi connectivity index (χ4v) is 2.69. The molecule has 1 fully saturated rings. The SMILES string of the molecule is CC1(C)NCCOC1c1cccs1. The summed E-state index contributed by atoms with van der Waals surface area (Å²) in [7, 11) is 0. The summed E-state index contributed by atoms with van der Waals surface area (Å²) in [5, 5.41) is 5.58. The lowest BCUT2D eigenvalue weighted by molar-refractivity contribution is -0.0367. The van der Waals surface area contributed by atoms with Crippen LogP contribution < -0.4 is 5.32 Å². The van der Waals surface area contributed by atoms with E-state index in [0.29, 0.717) is 0 Å². The van der Waals surface area contributed by atoms with Crippen molar-refractivity contribution >= 4 is 11.3 Å². The summed E-state index contributed by atoms with van der Waals surface area (Å²) in [4.78, 5) is 1.32. The molecule has 1 saturated heterocycles. The molecule has 1 unspecified atom stereocenters. The highest BCUT2D eigenvalue weighted by atomic mass is 32.1. The van der Waals surface area contributed by atoms with Crippen LogP contribution in [0.25, 0.3) is 0 Å². The van der Waals surface area contributed by atoms with Crippen molar-refractivity contribution in [3.05, 3.63) is 22.4 Å². The van der Waals surface area contributed by atoms with Crippen LogP contribution in [0.4, 0.5) is 0 Å². The molecular formula is C10H15NOS. The molecule has 0 saturated carbocycles. The minimum absolute atomic E-state index is 0.0586. The summed E-state index contributed by atoms with van der Waals surface area (Å²) in [6.07, 6.45) is 0.209. The number of thiophene rings is 1. The van der Waals surface area contributed by atoms with Gasteiger partial charge in [-0.2, -0.15) is 0 Å². The van der Waals surface area contributed by atoms with Gasteiger partial charge in [-0.3, -0.25) is 0 Å². The molecule has 2 heterocycles. The molecule has 0 spiro atoms. The molecule has 0 aromatic carbocycles. The van der Waals surface area contributed by atoms with Gasteiger partial charge in [0.05, 0.1) is 6.61 Å². The van der Waals surface area contributed by atoms with Crippen LogP contribution in [0, 0.1) is 0 Å². The molecule has 2 rings (SSSR count). The Morgan fingerprint density at radius 3 is 3.08 bits per heavy atom. The minimum atomic E-state index is 0.0586. The molecule has 0 radical (unpaired) electrons. The maximum Gasteiger partial charge on any atom is 0.109 e. The smallest absolute Gasteiger partial charge is 0.109 e. The van der Waals surface area contributed by atoms with E-state index in [2.05, 4.69) is 36.7 Å². The van der Waals surface area contributed by atoms with Crippen molar-refractivity contribution in [2.24, 2.45) is 0 Å². The molecule has 1 N–H and O–H groups in total. The molecule has 72 valence electrons. The first-order chi connectivity index (χ1) is 6.20. The van der Waals surface area contributed by atoms with Crippen molar-refractivity contribution in [2.45, 2.75) is 25.5 Å². The van der Waals surface area contributed by atoms with E-state index in [1.165, 1.54) is 4.88 Å². The summed E-state index contributed by atoms with van der Waals surface area (Å²) >= 11 is 1.77. The van der Waals surface area contributed by atoms with Gasteiger partial charge in [-0.05, 0) is 25.3 Å². The summed E-state index contributed by atoms with van der Waals surface area (Å²) in [5.41, 5.74) is 0.0586. The fraction of sp³-hybridized carbons (Fsp3) is 0.600. The first kappa shape index (κ1) is 9.19. The van der Waals surface area contributed by atoms with Crippen LogP contribution in [0.1, 0.15) is 24.8 Å². The first-order valence-electron chi connectivity index (χ1n) is 4.60. The van der Waals surface area contributed by atoms with Crippen LogP contribution in [0.2, 0.25) is 0 Å². The van der Waals surface area contributed by atoms with Crippen LogP contribution in [0.3, 0.4) is 0 Å². The highest BCUT2D eigenvalue weighted by Gasteiger charge is 2.34. The third-order valence-electron chi connectivity index (χ3n) is 2.42. The second-order valence-electron chi connectivity index (χ2n) is 3.91. The number of morpholine rings is 1. The predicted molar refractivity (Wildman–Crippen MR) is 55.1 cm³/mol. The second-order valence-corrected chi connectivity index (χ2v) is 4.89. The van der Waals surface area contributed by atoms with Gasteiger partial charge >= 0.3 is 0 Å². The molecule has 1 aliphatic heterocycles. The van der Waals surface area contributed by atoms with Crippen LogP contribution in [0.5, 0.6) is 0 Å². The standard InChI is InChI=1S/C10H15NOS/c1-10(2)9(12-6-5-11-10)8-4-3-7-13-8/h3-4,7,9,11H,5-6H2,1-2H3. The van der Waals surface area contributed by atoms with Crippen molar-refractivity contribution in [2.75, 3.05) is 13.2 Å². The zero-order chi connectivity index (χ0) is 9.31. The normalized spacial score (nSPS) is 27.4. The molecule has 0 aliphatic carbocycles. The molecule has 1 atom stereocenters. The van der Waals surface area contributed by atoms with Crippen molar-refractivity contribution in [1.82, 2.24) is 5.32 Å². The van der Waals surface area contributed by atoms with E-state index < -0.39 is 0 Å². The Morgan fingerprint density at radius 2 is 2.46 bits per heavy atom. The zero-order valence-corrected chi connectivity index (χ0v) is 8.86. The first-order valence-corrected chi connectivity index (χ1v) is 5.48. The topological polar surface area (TPSA) is 21.3 Å². The molecule has 1 aromatic heterocycles. The average Bonchev–Trinajstić information content (AvgIpc) is 2.55. The molecule has 3 heteroatoms. The van der Waals surface area contributed by atoms with Crippen LogP contribution in [-0.2, 0) is 4.74 Å². The van der Waals surface area contributed by atoms with Gasteiger partial charge in [0.15, 0.2) is 0 Å². The Bertz CT molecular complexity index is 268. The number of hydrogen-bond acceptors (Lipinski definition) is 3. The van der Waals surface area contributed by atoms with E-state index in [1.54, 1.807) is 11.3 Å². The number of nitrogens with one attached hydrogen (secondary N) is 1. The molecule has 1 aromatic rings. The fourth-order valence-electron chi connectivity index (χ4n) is 1.73. The predicted octanol–water partition coefficient (Wildman–Crippen LogP) is 2.19. The van der Waals surface area contributed by atoms with Gasteiger partial charge in [0.1, 0.15) is 6.10 Å². The highest BCUT2D eigenvalue weighted by molar-refractivity contribution is 7.10. The molecule has 13 heavy (non-hydrogen) atoms. The molecule has 0 amide bonds. The van der Waals surface area contributed by atoms with E-state index in [9.17, 15) is 0 Å². The lowest BCUT2D eigenvalue weighted by atomic mass is 9.94. The Morgan fingerprint density at radius 1 is 1.62 bits per heavy atom. The lowest BCUT2D eigenvalue weighted by Gasteiger charge is -2.39. The quantitative estimate of drug-likeness (QED) is 0.745. The third kappa shape index (κ3) is 1.77. The van der Waals surface area contributed by atoms with Gasteiger partial charge in [-0.25, -0.2) is 0 Å². The van der Waals surface area contributed by atoms with Crippen molar-refractivity contribution in [3.8, 4) is 0 Å². The third-order valence-corrected chi connectivity index (χ3v) is 3.34. The van der Waals surface area contributed by atoms with E-state index in [1.807, 2.05) is 0 Å². The maximum absolute atomic E-state index is 5.79. The second kappa shape index (κ2) is 3.40. The molecular weight excluding hydrogens is 182 g/mol. The Labute approximate surface area is 82.9 Å². The number of hydrogen-bond donors (Lipinski definition) is 1. The number of rotatable bonds is 1. The summed E-state index contributed by atoms with van der Waals surface area (Å²) in [6, 6.07) is 4.22. The largest absolute Gasteiger partial charge is 0.369 e. The summed E-state index contributed by atoms with van der Waals surface area (Å²) in [6.45, 7) is 6.15. The van der Waals surface area contributed by atoms with Gasteiger partial charge in [0, 0.05) is 17.0 Å². The van der Waals surface area contributed by atoms with E-state index in [4.69, 9.17) is 4.74 Å². The van der Waals surface area contributed by atoms with Crippen LogP contribution >= 0.6 is 11.3 Å². The number of ether oxygens (including phenoxy) is 1. The van der Waals surface area contributed by atoms with Gasteiger partial charge < -0.3 is 10.1 Å². The Hall–Kier alpha value is -0.380. The van der Waals surface area contributed by atoms with Crippen LogP contribution in [0.15, 0.2) is 17.5 Å². The van der Waals surface area contributed by atoms with Gasteiger partial charge in [-0.15, -0.1) is 11.3 Å². The molecule has 0 bridgehead atoms. The van der Waals surface area contributed by atoms with Crippen molar-refractivity contribution in [1.29, 1.82) is 0 Å². The van der Waals surface area contributed by atoms with Gasteiger partial charge in [-0.1, -0.05) is 6.07 Å². The zero-order valence-electron chi connectivity index (χ0n) is 8.04. The summed E-state index contributed by atoms with van der Waals surface area (Å²) < 4.78 is 5.79. The van der Waals surface area contributed by atoms with Gasteiger partial charge in [0.2, 0.25) is 0 Å². The summed E-state index contributed by atoms with van der Waals surface area (Å²) in [5.74, 6) is 0. The van der Waals surface area contributed by atoms with Crippen molar-refractivity contribution < 1.29 is 4.74 Å². The van der Waals surface area contributed by atoms with E-state index in [-0.39, 0.29) is 11.6 Å². The van der Waals surface area contributed by atoms with E-state index >= 15 is 0 Å². The monoisotopic (exact) mass is 197 g/mol. The van der Waals surface area contributed by atoms with Crippen molar-refractivity contribution in [3.63, 3.8) is 0 Å².